The smallest absolute Gasteiger partial charge is 0.476 e. The normalized spacial score (nSPS) is 11.4. The number of nitrogens with zero attached hydrogens (tertiary/aromatic N) is 1. The minimum Gasteiger partial charge on any atom is -0.476 e. The topological polar surface area (TPSA) is 59.4 Å². The number of aromatic nitrogens is 1. The van der Waals surface area contributed by atoms with Gasteiger partial charge in [-0.15, -0.1) is 13.2 Å². The van der Waals surface area contributed by atoms with Crippen molar-refractivity contribution in [3.8, 4) is 5.88 Å². The Labute approximate surface area is 115 Å². The summed E-state index contributed by atoms with van der Waals surface area (Å²) >= 11 is 4.74. The van der Waals surface area contributed by atoms with E-state index in [4.69, 9.17) is 5.11 Å². The third kappa shape index (κ3) is 3.98. The molecule has 0 spiro atoms. The molecule has 1 aromatic rings. The molecule has 0 fully saturated rings. The van der Waals surface area contributed by atoms with Gasteiger partial charge in [-0.2, -0.15) is 0 Å². The summed E-state index contributed by atoms with van der Waals surface area (Å²) < 4.78 is 39.8. The van der Waals surface area contributed by atoms with Crippen molar-refractivity contribution in [2.45, 2.75) is 11.7 Å². The van der Waals surface area contributed by atoms with Crippen molar-refractivity contribution in [3.63, 3.8) is 0 Å². The highest BCUT2D eigenvalue weighted by Gasteiger charge is 2.32. The van der Waals surface area contributed by atoms with Gasteiger partial charge in [-0.05, 0) is 28.2 Å². The quantitative estimate of drug-likeness (QED) is 0.597. The predicted octanol–water partition coefficient (Wildman–Crippen LogP) is 3.18. The van der Waals surface area contributed by atoms with Gasteiger partial charge in [0.05, 0.1) is 3.57 Å². The Morgan fingerprint density at radius 1 is 1.59 bits per heavy atom. The zero-order chi connectivity index (χ0) is 13.2. The molecule has 94 valence electrons. The number of halogens is 5. The van der Waals surface area contributed by atoms with Crippen LogP contribution in [0.5, 0.6) is 5.88 Å². The van der Waals surface area contributed by atoms with Gasteiger partial charge >= 0.3 is 12.3 Å². The molecule has 4 nitrogen and oxygen atoms in total. The number of alkyl halides is 4. The van der Waals surface area contributed by atoms with E-state index in [0.717, 1.165) is 6.07 Å². The second kappa shape index (κ2) is 5.38. The van der Waals surface area contributed by atoms with Crippen molar-refractivity contribution in [2.75, 3.05) is 0 Å². The number of ether oxygens (including phenoxy) is 1. The second-order valence-corrected chi connectivity index (χ2v) is 4.41. The fraction of sp³-hybridized carbons (Fsp3) is 0.250. The van der Waals surface area contributed by atoms with E-state index in [0.29, 0.717) is 5.56 Å². The SMILES string of the molecule is O=C(O)c1nc(OC(F)(F)F)cc(CBr)c1I. The molecule has 0 aromatic carbocycles. The van der Waals surface area contributed by atoms with Gasteiger partial charge in [-0.3, -0.25) is 0 Å². The molecule has 0 atom stereocenters. The van der Waals surface area contributed by atoms with Crippen LogP contribution in [0.4, 0.5) is 13.2 Å². The summed E-state index contributed by atoms with van der Waals surface area (Å²) in [5.74, 6) is -2.20. The first kappa shape index (κ1) is 14.5. The summed E-state index contributed by atoms with van der Waals surface area (Å²) in [6, 6.07) is 1.04. The van der Waals surface area contributed by atoms with Crippen LogP contribution in [0.3, 0.4) is 0 Å². The highest BCUT2D eigenvalue weighted by Crippen LogP contribution is 2.27. The lowest BCUT2D eigenvalue weighted by Gasteiger charge is -2.11. The average Bonchev–Trinajstić information content (AvgIpc) is 2.17. The van der Waals surface area contributed by atoms with Gasteiger partial charge in [0, 0.05) is 11.4 Å². The van der Waals surface area contributed by atoms with E-state index in [1.807, 2.05) is 0 Å². The van der Waals surface area contributed by atoms with Crippen LogP contribution >= 0.6 is 38.5 Å². The van der Waals surface area contributed by atoms with Crippen LogP contribution in [0.1, 0.15) is 16.1 Å². The molecule has 0 bridgehead atoms. The van der Waals surface area contributed by atoms with E-state index >= 15 is 0 Å². The lowest BCUT2D eigenvalue weighted by Crippen LogP contribution is -2.19. The number of carboxylic acid groups (broad SMARTS) is 1. The van der Waals surface area contributed by atoms with E-state index in [2.05, 4.69) is 25.7 Å². The third-order valence-corrected chi connectivity index (χ3v) is 3.38. The number of hydrogen-bond acceptors (Lipinski definition) is 3. The van der Waals surface area contributed by atoms with E-state index < -0.39 is 23.9 Å². The lowest BCUT2D eigenvalue weighted by molar-refractivity contribution is -0.276. The molecule has 1 rings (SSSR count). The van der Waals surface area contributed by atoms with Crippen molar-refractivity contribution < 1.29 is 27.8 Å². The molecule has 0 radical (unpaired) electrons. The Kier molecular flexibility index (Phi) is 4.58. The van der Waals surface area contributed by atoms with Crippen molar-refractivity contribution in [1.29, 1.82) is 0 Å². The third-order valence-electron chi connectivity index (χ3n) is 1.58. The molecule has 1 aromatic heterocycles. The minimum absolute atomic E-state index is 0.197. The molecule has 0 saturated carbocycles. The first-order chi connectivity index (χ1) is 7.74. The molecule has 1 heterocycles. The largest absolute Gasteiger partial charge is 0.574 e. The van der Waals surface area contributed by atoms with Gasteiger partial charge in [-0.1, -0.05) is 15.9 Å². The lowest BCUT2D eigenvalue weighted by atomic mass is 10.2. The Balaban J connectivity index is 3.25. The van der Waals surface area contributed by atoms with Gasteiger partial charge in [0.25, 0.3) is 0 Å². The van der Waals surface area contributed by atoms with E-state index in [-0.39, 0.29) is 8.90 Å². The number of aromatic carboxylic acids is 1. The number of carbonyl (C=O) groups is 1. The predicted molar refractivity (Wildman–Crippen MR) is 63.2 cm³/mol. The molecule has 0 saturated heterocycles. The van der Waals surface area contributed by atoms with Crippen LogP contribution in [-0.4, -0.2) is 22.4 Å². The molecule has 0 aliphatic heterocycles. The van der Waals surface area contributed by atoms with Crippen LogP contribution in [-0.2, 0) is 5.33 Å². The number of hydrogen-bond donors (Lipinski definition) is 1. The number of pyridine rings is 1. The summed E-state index contributed by atoms with van der Waals surface area (Å²) in [6.07, 6.45) is -4.90. The molecule has 0 unspecified atom stereocenters. The zero-order valence-electron chi connectivity index (χ0n) is 7.89. The molecule has 0 aliphatic rings. The molecule has 0 amide bonds. The van der Waals surface area contributed by atoms with Crippen molar-refractivity contribution in [2.24, 2.45) is 0 Å². The molecular weight excluding hydrogens is 422 g/mol. The second-order valence-electron chi connectivity index (χ2n) is 2.77. The zero-order valence-corrected chi connectivity index (χ0v) is 11.6. The van der Waals surface area contributed by atoms with Crippen LogP contribution < -0.4 is 4.74 Å². The van der Waals surface area contributed by atoms with Crippen molar-refractivity contribution in [1.82, 2.24) is 4.98 Å². The van der Waals surface area contributed by atoms with Crippen LogP contribution in [0.2, 0.25) is 0 Å². The Bertz CT molecular complexity index is 452. The fourth-order valence-corrected chi connectivity index (χ4v) is 2.63. The highest BCUT2D eigenvalue weighted by molar-refractivity contribution is 14.1. The van der Waals surface area contributed by atoms with Crippen LogP contribution in [0.15, 0.2) is 6.07 Å². The molecule has 9 heteroatoms. The first-order valence-corrected chi connectivity index (χ1v) is 6.19. The molecular formula is C8H4BrF3INO3. The van der Waals surface area contributed by atoms with Gasteiger partial charge < -0.3 is 9.84 Å². The summed E-state index contributed by atoms with van der Waals surface area (Å²) in [5, 5.41) is 8.99. The standard InChI is InChI=1S/C8H4BrF3INO3/c9-2-3-1-4(17-8(10,11)12)14-6(5(3)13)7(15)16/h1H,2H2,(H,15,16). The molecule has 0 aliphatic carbocycles. The van der Waals surface area contributed by atoms with E-state index in [1.54, 1.807) is 22.6 Å². The maximum absolute atomic E-state index is 12.0. The summed E-state index contributed by atoms with van der Waals surface area (Å²) in [5.41, 5.74) is -0.112. The first-order valence-electron chi connectivity index (χ1n) is 3.99. The fourth-order valence-electron chi connectivity index (χ4n) is 0.966. The number of rotatable bonds is 3. The van der Waals surface area contributed by atoms with Gasteiger partial charge in [0.1, 0.15) is 0 Å². The average molecular weight is 426 g/mol. The van der Waals surface area contributed by atoms with Gasteiger partial charge in [-0.25, -0.2) is 9.78 Å². The Morgan fingerprint density at radius 3 is 2.59 bits per heavy atom. The minimum atomic E-state index is -4.90. The van der Waals surface area contributed by atoms with Gasteiger partial charge in [0.2, 0.25) is 5.88 Å². The molecule has 17 heavy (non-hydrogen) atoms. The summed E-state index contributed by atoms with van der Waals surface area (Å²) in [7, 11) is 0. The van der Waals surface area contributed by atoms with Crippen LogP contribution in [0, 0.1) is 3.57 Å². The van der Waals surface area contributed by atoms with E-state index in [9.17, 15) is 18.0 Å². The van der Waals surface area contributed by atoms with E-state index in [1.165, 1.54) is 0 Å². The Morgan fingerprint density at radius 2 is 2.18 bits per heavy atom. The summed E-state index contributed by atoms with van der Waals surface area (Å²) in [4.78, 5) is 14.1. The van der Waals surface area contributed by atoms with Gasteiger partial charge in [0.15, 0.2) is 5.69 Å². The van der Waals surface area contributed by atoms with Crippen molar-refractivity contribution in [3.05, 3.63) is 20.9 Å². The highest BCUT2D eigenvalue weighted by atomic mass is 127. The Hall–Kier alpha value is -0.580. The van der Waals surface area contributed by atoms with Crippen LogP contribution in [0.25, 0.3) is 0 Å². The van der Waals surface area contributed by atoms with Crippen molar-refractivity contribution >= 4 is 44.5 Å². The summed E-state index contributed by atoms with van der Waals surface area (Å²) in [6.45, 7) is 0. The molecule has 1 N–H and O–H groups in total. The monoisotopic (exact) mass is 425 g/mol. The maximum atomic E-state index is 12.0. The number of carboxylic acids is 1. The maximum Gasteiger partial charge on any atom is 0.574 e.